The minimum atomic E-state index is -3.73. The Kier molecular flexibility index (Phi) is 8.41. The number of aliphatic hydroxyl groups is 1. The standard InChI is InChI=1S/C27H33F3N2O4/c1-18-7-9-21(28)6-4-5-20(15-18)27(29,30)26(34)31-22(17-32-11-2-3-12-32)25(33)19-8-10-23-24(16-19)36-14-13-35-23/h6-10,16,20,22,25,33H,1-5,11-15,17H2,(H,31,34)/b9-7-,21-6+/t20?,22-,25-/m1/s1. The van der Waals surface area contributed by atoms with E-state index in [-0.39, 0.29) is 25.8 Å². The van der Waals surface area contributed by atoms with E-state index in [1.165, 1.54) is 18.2 Å². The monoisotopic (exact) mass is 506 g/mol. The van der Waals surface area contributed by atoms with Gasteiger partial charge < -0.3 is 24.8 Å². The third-order valence-corrected chi connectivity index (χ3v) is 6.92. The van der Waals surface area contributed by atoms with E-state index in [9.17, 15) is 14.3 Å². The van der Waals surface area contributed by atoms with E-state index in [1.54, 1.807) is 18.2 Å². The summed E-state index contributed by atoms with van der Waals surface area (Å²) in [4.78, 5) is 15.0. The Hall–Kier alpha value is -2.78. The topological polar surface area (TPSA) is 71.0 Å². The van der Waals surface area contributed by atoms with Crippen molar-refractivity contribution in [3.63, 3.8) is 0 Å². The predicted molar refractivity (Wildman–Crippen MR) is 130 cm³/mol. The Balaban J connectivity index is 1.53. The smallest absolute Gasteiger partial charge is 0.327 e. The minimum absolute atomic E-state index is 0.0734. The van der Waals surface area contributed by atoms with Crippen molar-refractivity contribution in [1.29, 1.82) is 0 Å². The first-order valence-corrected chi connectivity index (χ1v) is 12.4. The molecule has 0 saturated carbocycles. The number of halogens is 3. The van der Waals surface area contributed by atoms with Crippen LogP contribution >= 0.6 is 0 Å². The van der Waals surface area contributed by atoms with E-state index in [1.807, 2.05) is 4.90 Å². The van der Waals surface area contributed by atoms with Gasteiger partial charge in [0.1, 0.15) is 25.1 Å². The number of carbonyl (C=O) groups is 1. The molecule has 2 N–H and O–H groups in total. The van der Waals surface area contributed by atoms with Crippen LogP contribution in [-0.2, 0) is 4.79 Å². The van der Waals surface area contributed by atoms with Crippen LogP contribution in [-0.4, -0.2) is 60.7 Å². The van der Waals surface area contributed by atoms with Crippen LogP contribution in [0.3, 0.4) is 0 Å². The van der Waals surface area contributed by atoms with E-state index in [2.05, 4.69) is 11.9 Å². The molecule has 0 spiro atoms. The molecule has 196 valence electrons. The number of ether oxygens (including phenoxy) is 2. The van der Waals surface area contributed by atoms with Gasteiger partial charge in [-0.05, 0) is 75.0 Å². The van der Waals surface area contributed by atoms with Gasteiger partial charge in [-0.15, -0.1) is 0 Å². The molecule has 1 aliphatic carbocycles. The Bertz CT molecular complexity index is 1020. The van der Waals surface area contributed by atoms with Crippen molar-refractivity contribution in [1.82, 2.24) is 10.2 Å². The molecule has 1 aromatic carbocycles. The maximum absolute atomic E-state index is 15.5. The average molecular weight is 507 g/mol. The summed E-state index contributed by atoms with van der Waals surface area (Å²) in [5, 5.41) is 13.6. The largest absolute Gasteiger partial charge is 0.486 e. The van der Waals surface area contributed by atoms with Crippen LogP contribution in [0.2, 0.25) is 0 Å². The summed E-state index contributed by atoms with van der Waals surface area (Å²) < 4.78 is 55.7. The van der Waals surface area contributed by atoms with Gasteiger partial charge >= 0.3 is 5.92 Å². The van der Waals surface area contributed by atoms with Gasteiger partial charge in [0.05, 0.1) is 6.04 Å². The number of allylic oxidation sites excluding steroid dienone is 5. The molecule has 2 aliphatic heterocycles. The predicted octanol–water partition coefficient (Wildman–Crippen LogP) is 4.47. The SMILES string of the molecule is C=C1/C=C\C(F)=C/CCC(C(F)(F)C(=O)N[C@H](CN2CCCC2)[C@H](O)c2ccc3c(c2)OCCO3)C1. The van der Waals surface area contributed by atoms with E-state index >= 15 is 8.78 Å². The summed E-state index contributed by atoms with van der Waals surface area (Å²) in [5.41, 5.74) is 0.761. The summed E-state index contributed by atoms with van der Waals surface area (Å²) in [6.07, 6.45) is 4.36. The molecule has 0 aromatic heterocycles. The zero-order chi connectivity index (χ0) is 25.7. The highest BCUT2D eigenvalue weighted by atomic mass is 19.3. The number of rotatable bonds is 7. The van der Waals surface area contributed by atoms with E-state index < -0.39 is 35.7 Å². The molecular weight excluding hydrogens is 473 g/mol. The number of nitrogens with zero attached hydrogens (tertiary/aromatic N) is 1. The van der Waals surface area contributed by atoms with Gasteiger partial charge in [-0.25, -0.2) is 4.39 Å². The van der Waals surface area contributed by atoms with Crippen LogP contribution in [0.4, 0.5) is 13.2 Å². The Morgan fingerprint density at radius 3 is 2.67 bits per heavy atom. The molecule has 2 heterocycles. The Morgan fingerprint density at radius 1 is 1.19 bits per heavy atom. The first-order valence-electron chi connectivity index (χ1n) is 12.4. The maximum Gasteiger partial charge on any atom is 0.327 e. The molecule has 6 nitrogen and oxygen atoms in total. The number of nitrogens with one attached hydrogen (secondary N) is 1. The van der Waals surface area contributed by atoms with Gasteiger partial charge in [-0.2, -0.15) is 8.78 Å². The number of alkyl halides is 2. The summed E-state index contributed by atoms with van der Waals surface area (Å²) in [6.45, 7) is 6.28. The molecule has 1 aromatic rings. The Morgan fingerprint density at radius 2 is 1.92 bits per heavy atom. The maximum atomic E-state index is 15.5. The first-order chi connectivity index (χ1) is 17.2. The molecule has 1 unspecified atom stereocenters. The van der Waals surface area contributed by atoms with Crippen LogP contribution in [0.1, 0.15) is 43.8 Å². The van der Waals surface area contributed by atoms with Crippen molar-refractivity contribution in [2.45, 2.75) is 50.2 Å². The molecule has 3 aliphatic rings. The zero-order valence-electron chi connectivity index (χ0n) is 20.2. The van der Waals surface area contributed by atoms with Gasteiger partial charge in [0.25, 0.3) is 5.91 Å². The van der Waals surface area contributed by atoms with Gasteiger partial charge in [-0.3, -0.25) is 4.79 Å². The van der Waals surface area contributed by atoms with E-state index in [4.69, 9.17) is 9.47 Å². The van der Waals surface area contributed by atoms with Gasteiger partial charge in [0.15, 0.2) is 11.5 Å². The molecular formula is C27H33F3N2O4. The number of amides is 1. The van der Waals surface area contributed by atoms with Crippen molar-refractivity contribution < 1.29 is 32.5 Å². The van der Waals surface area contributed by atoms with Crippen molar-refractivity contribution in [2.75, 3.05) is 32.8 Å². The van der Waals surface area contributed by atoms with Crippen LogP contribution in [0.5, 0.6) is 11.5 Å². The first kappa shape index (κ1) is 26.3. The lowest BCUT2D eigenvalue weighted by molar-refractivity contribution is -0.156. The van der Waals surface area contributed by atoms with E-state index in [0.717, 1.165) is 25.9 Å². The van der Waals surface area contributed by atoms with Crippen LogP contribution in [0.15, 0.2) is 54.4 Å². The molecule has 3 atom stereocenters. The Labute approximate surface area is 209 Å². The fraction of sp³-hybridized carbons (Fsp3) is 0.519. The number of hydrogen-bond donors (Lipinski definition) is 2. The van der Waals surface area contributed by atoms with Crippen LogP contribution in [0.25, 0.3) is 0 Å². The van der Waals surface area contributed by atoms with E-state index in [0.29, 0.717) is 35.8 Å². The van der Waals surface area contributed by atoms with Crippen LogP contribution in [0, 0.1) is 5.92 Å². The highest BCUT2D eigenvalue weighted by Gasteiger charge is 2.48. The lowest BCUT2D eigenvalue weighted by Crippen LogP contribution is -2.53. The molecule has 0 radical (unpaired) electrons. The number of benzene rings is 1. The van der Waals surface area contributed by atoms with Gasteiger partial charge in [0.2, 0.25) is 0 Å². The second-order valence-corrected chi connectivity index (χ2v) is 9.62. The number of likely N-dealkylation sites (tertiary alicyclic amines) is 1. The van der Waals surface area contributed by atoms with Crippen LogP contribution < -0.4 is 14.8 Å². The van der Waals surface area contributed by atoms with Crippen molar-refractivity contribution in [3.8, 4) is 11.5 Å². The second-order valence-electron chi connectivity index (χ2n) is 9.62. The van der Waals surface area contributed by atoms with Gasteiger partial charge in [0, 0.05) is 12.5 Å². The molecule has 4 rings (SSSR count). The highest BCUT2D eigenvalue weighted by Crippen LogP contribution is 2.37. The number of fused-ring (bicyclic) bond motifs is 1. The molecule has 36 heavy (non-hydrogen) atoms. The highest BCUT2D eigenvalue weighted by molar-refractivity contribution is 5.84. The number of carbonyl (C=O) groups excluding carboxylic acids is 1. The second kappa shape index (κ2) is 11.5. The molecule has 1 saturated heterocycles. The normalized spacial score (nSPS) is 25.1. The molecule has 9 heteroatoms. The third kappa shape index (κ3) is 6.31. The van der Waals surface area contributed by atoms with Crippen molar-refractivity contribution in [3.05, 3.63) is 60.0 Å². The average Bonchev–Trinajstić information content (AvgIpc) is 3.40. The van der Waals surface area contributed by atoms with Gasteiger partial charge in [-0.1, -0.05) is 24.3 Å². The summed E-state index contributed by atoms with van der Waals surface area (Å²) in [5.74, 6) is -6.04. The molecule has 1 fully saturated rings. The molecule has 1 amide bonds. The van der Waals surface area contributed by atoms with Crippen molar-refractivity contribution >= 4 is 5.91 Å². The lowest BCUT2D eigenvalue weighted by Gasteiger charge is -2.32. The summed E-state index contributed by atoms with van der Waals surface area (Å²) in [6, 6.07) is 3.96. The zero-order valence-corrected chi connectivity index (χ0v) is 20.2. The molecule has 0 bridgehead atoms. The lowest BCUT2D eigenvalue weighted by atomic mass is 9.88. The fourth-order valence-corrected chi connectivity index (χ4v) is 4.88. The van der Waals surface area contributed by atoms with Crippen molar-refractivity contribution in [2.24, 2.45) is 5.92 Å². The third-order valence-electron chi connectivity index (χ3n) is 6.92. The number of hydrogen-bond acceptors (Lipinski definition) is 5. The quantitative estimate of drug-likeness (QED) is 0.571. The summed E-state index contributed by atoms with van der Waals surface area (Å²) in [7, 11) is 0. The summed E-state index contributed by atoms with van der Waals surface area (Å²) >= 11 is 0. The number of aliphatic hydroxyl groups excluding tert-OH is 1. The fourth-order valence-electron chi connectivity index (χ4n) is 4.88. The minimum Gasteiger partial charge on any atom is -0.486 e.